The number of esters is 1. The van der Waals surface area contributed by atoms with Crippen molar-refractivity contribution in [3.63, 3.8) is 0 Å². The summed E-state index contributed by atoms with van der Waals surface area (Å²) in [5, 5.41) is 10.6. The van der Waals surface area contributed by atoms with Crippen molar-refractivity contribution in [3.05, 3.63) is 69.3 Å². The van der Waals surface area contributed by atoms with Crippen LogP contribution in [-0.4, -0.2) is 10.9 Å². The van der Waals surface area contributed by atoms with Gasteiger partial charge in [0.15, 0.2) is 0 Å². The monoisotopic (exact) mass is 285 g/mol. The molecular formula is C16H15NO4. The lowest BCUT2D eigenvalue weighted by molar-refractivity contribution is -0.384. The van der Waals surface area contributed by atoms with Crippen LogP contribution in [0.2, 0.25) is 0 Å². The van der Waals surface area contributed by atoms with Crippen LogP contribution in [0.3, 0.4) is 0 Å². The second-order valence-corrected chi connectivity index (χ2v) is 4.64. The van der Waals surface area contributed by atoms with E-state index in [1.807, 2.05) is 26.0 Å². The molecule has 0 radical (unpaired) electrons. The number of nitro groups is 1. The number of non-ortho nitro benzene ring substituents is 1. The number of nitrogens with zero attached hydrogens (tertiary/aromatic N) is 1. The van der Waals surface area contributed by atoms with Crippen LogP contribution in [0.25, 0.3) is 0 Å². The molecule has 0 aliphatic rings. The Balaban J connectivity index is 2.15. The van der Waals surface area contributed by atoms with Crippen LogP contribution in [0.4, 0.5) is 5.69 Å². The van der Waals surface area contributed by atoms with Crippen molar-refractivity contribution in [1.29, 1.82) is 0 Å². The zero-order valence-corrected chi connectivity index (χ0v) is 11.8. The van der Waals surface area contributed by atoms with Gasteiger partial charge in [0.25, 0.3) is 5.69 Å². The Morgan fingerprint density at radius 3 is 2.43 bits per heavy atom. The van der Waals surface area contributed by atoms with Gasteiger partial charge >= 0.3 is 5.97 Å². The first-order valence-corrected chi connectivity index (χ1v) is 6.57. The number of carbonyl (C=O) groups excluding carboxylic acids is 1. The molecule has 108 valence electrons. The molecule has 21 heavy (non-hydrogen) atoms. The average molecular weight is 285 g/mol. The zero-order chi connectivity index (χ0) is 15.4. The van der Waals surface area contributed by atoms with Crippen LogP contribution in [0.1, 0.15) is 28.4 Å². The summed E-state index contributed by atoms with van der Waals surface area (Å²) in [5.41, 5.74) is 2.48. The number of carbonyl (C=O) groups is 1. The quantitative estimate of drug-likeness (QED) is 0.372. The van der Waals surface area contributed by atoms with E-state index in [0.29, 0.717) is 5.75 Å². The van der Waals surface area contributed by atoms with E-state index in [1.54, 1.807) is 6.07 Å². The number of aryl methyl sites for hydroxylation is 2. The molecule has 0 heterocycles. The molecule has 5 nitrogen and oxygen atoms in total. The lowest BCUT2D eigenvalue weighted by Gasteiger charge is -2.08. The molecule has 0 atom stereocenters. The van der Waals surface area contributed by atoms with Crippen molar-refractivity contribution in [3.8, 4) is 5.75 Å². The maximum Gasteiger partial charge on any atom is 0.343 e. The SMILES string of the molecule is CCc1cc(OC(=O)c2ccc([N+](=O)[O-])cc2)ccc1C. The van der Waals surface area contributed by atoms with Crippen molar-refractivity contribution < 1.29 is 14.5 Å². The Bertz CT molecular complexity index is 677. The molecule has 5 heteroatoms. The van der Waals surface area contributed by atoms with E-state index in [0.717, 1.165) is 17.5 Å². The van der Waals surface area contributed by atoms with E-state index in [1.165, 1.54) is 24.3 Å². The van der Waals surface area contributed by atoms with E-state index in [2.05, 4.69) is 0 Å². The fraction of sp³-hybridized carbons (Fsp3) is 0.188. The number of hydrogen-bond acceptors (Lipinski definition) is 4. The van der Waals surface area contributed by atoms with Gasteiger partial charge in [-0.15, -0.1) is 0 Å². The zero-order valence-electron chi connectivity index (χ0n) is 11.8. The van der Waals surface area contributed by atoms with Gasteiger partial charge in [0.05, 0.1) is 10.5 Å². The topological polar surface area (TPSA) is 69.4 Å². The first kappa shape index (κ1) is 14.7. The van der Waals surface area contributed by atoms with Crippen LogP contribution in [0.15, 0.2) is 42.5 Å². The molecule has 0 spiro atoms. The van der Waals surface area contributed by atoms with Crippen molar-refractivity contribution >= 4 is 11.7 Å². The molecule has 2 aromatic carbocycles. The van der Waals surface area contributed by atoms with Gasteiger partial charge in [0.2, 0.25) is 0 Å². The van der Waals surface area contributed by atoms with Crippen molar-refractivity contribution in [2.75, 3.05) is 0 Å². The fourth-order valence-electron chi connectivity index (χ4n) is 1.98. The van der Waals surface area contributed by atoms with Crippen molar-refractivity contribution in [1.82, 2.24) is 0 Å². The summed E-state index contributed by atoms with van der Waals surface area (Å²) < 4.78 is 5.29. The molecule has 0 fully saturated rings. The van der Waals surface area contributed by atoms with Crippen LogP contribution in [0.5, 0.6) is 5.75 Å². The normalized spacial score (nSPS) is 10.2. The number of hydrogen-bond donors (Lipinski definition) is 0. The molecule has 0 aromatic heterocycles. The minimum Gasteiger partial charge on any atom is -0.423 e. The summed E-state index contributed by atoms with van der Waals surface area (Å²) in [6.45, 7) is 4.03. The van der Waals surface area contributed by atoms with Gasteiger partial charge in [0.1, 0.15) is 5.75 Å². The second kappa shape index (κ2) is 6.17. The highest BCUT2D eigenvalue weighted by molar-refractivity contribution is 5.91. The maximum atomic E-state index is 12.0. The van der Waals surface area contributed by atoms with Gasteiger partial charge in [-0.2, -0.15) is 0 Å². The predicted molar refractivity (Wildman–Crippen MR) is 78.6 cm³/mol. The highest BCUT2D eigenvalue weighted by Crippen LogP contribution is 2.20. The Morgan fingerprint density at radius 2 is 1.86 bits per heavy atom. The summed E-state index contributed by atoms with van der Waals surface area (Å²) >= 11 is 0. The van der Waals surface area contributed by atoms with Crippen molar-refractivity contribution in [2.45, 2.75) is 20.3 Å². The van der Waals surface area contributed by atoms with Crippen LogP contribution in [0, 0.1) is 17.0 Å². The summed E-state index contributed by atoms with van der Waals surface area (Å²) in [5.74, 6) is -0.0587. The minimum absolute atomic E-state index is 0.0600. The number of benzene rings is 2. The molecule has 0 saturated carbocycles. The first-order valence-electron chi connectivity index (χ1n) is 6.57. The molecule has 2 aromatic rings. The molecule has 0 amide bonds. The van der Waals surface area contributed by atoms with E-state index in [9.17, 15) is 14.9 Å². The van der Waals surface area contributed by atoms with E-state index in [4.69, 9.17) is 4.74 Å². The molecule has 0 unspecified atom stereocenters. The summed E-state index contributed by atoms with van der Waals surface area (Å²) in [6, 6.07) is 10.8. The van der Waals surface area contributed by atoms with Gasteiger partial charge in [-0.25, -0.2) is 4.79 Å². The third-order valence-corrected chi connectivity index (χ3v) is 3.23. The standard InChI is InChI=1S/C16H15NO4/c1-3-12-10-15(9-4-11(12)2)21-16(18)13-5-7-14(8-6-13)17(19)20/h4-10H,3H2,1-2H3. The number of nitro benzene ring substituents is 1. The fourth-order valence-corrected chi connectivity index (χ4v) is 1.98. The van der Waals surface area contributed by atoms with Gasteiger partial charge in [-0.1, -0.05) is 13.0 Å². The van der Waals surface area contributed by atoms with Gasteiger partial charge in [0, 0.05) is 12.1 Å². The summed E-state index contributed by atoms with van der Waals surface area (Å²) in [6.07, 6.45) is 0.856. The Labute approximate surface area is 122 Å². The number of ether oxygens (including phenoxy) is 1. The molecule has 0 bridgehead atoms. The number of rotatable bonds is 4. The van der Waals surface area contributed by atoms with Gasteiger partial charge < -0.3 is 4.74 Å². The molecule has 0 aliphatic carbocycles. The lowest BCUT2D eigenvalue weighted by Crippen LogP contribution is -2.08. The van der Waals surface area contributed by atoms with Gasteiger partial charge in [-0.3, -0.25) is 10.1 Å². The Kier molecular flexibility index (Phi) is 4.33. The first-order chi connectivity index (χ1) is 10.0. The molecule has 2 rings (SSSR count). The third kappa shape index (κ3) is 3.45. The molecule has 0 N–H and O–H groups in total. The van der Waals surface area contributed by atoms with Gasteiger partial charge in [-0.05, 0) is 48.7 Å². The largest absolute Gasteiger partial charge is 0.423 e. The van der Waals surface area contributed by atoms with E-state index >= 15 is 0 Å². The van der Waals surface area contributed by atoms with Crippen LogP contribution >= 0.6 is 0 Å². The summed E-state index contributed by atoms with van der Waals surface area (Å²) in [7, 11) is 0. The second-order valence-electron chi connectivity index (χ2n) is 4.64. The highest BCUT2D eigenvalue weighted by Gasteiger charge is 2.12. The smallest absolute Gasteiger partial charge is 0.343 e. The Morgan fingerprint density at radius 1 is 1.19 bits per heavy atom. The summed E-state index contributed by atoms with van der Waals surface area (Å²) in [4.78, 5) is 22.0. The predicted octanol–water partition coefficient (Wildman–Crippen LogP) is 3.68. The maximum absolute atomic E-state index is 12.0. The van der Waals surface area contributed by atoms with Crippen LogP contribution in [-0.2, 0) is 6.42 Å². The Hall–Kier alpha value is -2.69. The van der Waals surface area contributed by atoms with E-state index < -0.39 is 10.9 Å². The molecule has 0 aliphatic heterocycles. The minimum atomic E-state index is -0.532. The highest BCUT2D eigenvalue weighted by atomic mass is 16.6. The average Bonchev–Trinajstić information content (AvgIpc) is 2.49. The third-order valence-electron chi connectivity index (χ3n) is 3.23. The van der Waals surface area contributed by atoms with Crippen molar-refractivity contribution in [2.24, 2.45) is 0 Å². The van der Waals surface area contributed by atoms with E-state index in [-0.39, 0.29) is 11.3 Å². The van der Waals surface area contributed by atoms with Crippen LogP contribution < -0.4 is 4.74 Å². The molecular weight excluding hydrogens is 270 g/mol. The lowest BCUT2D eigenvalue weighted by atomic mass is 10.1. The molecule has 0 saturated heterocycles.